The number of nitrogen functional groups attached to an aromatic ring is 1. The van der Waals surface area contributed by atoms with Gasteiger partial charge in [0.15, 0.2) is 0 Å². The zero-order chi connectivity index (χ0) is 15.7. The van der Waals surface area contributed by atoms with E-state index >= 15 is 0 Å². The Balaban J connectivity index is 2.20. The summed E-state index contributed by atoms with van der Waals surface area (Å²) >= 11 is 1.45. The summed E-state index contributed by atoms with van der Waals surface area (Å²) in [4.78, 5) is 14.0. The van der Waals surface area contributed by atoms with E-state index in [4.69, 9.17) is 10.7 Å². The molecule has 3 aromatic rings. The molecule has 4 nitrogen and oxygen atoms in total. The molecule has 2 aromatic heterocycles. The summed E-state index contributed by atoms with van der Waals surface area (Å²) in [5.74, 6) is 0. The van der Waals surface area contributed by atoms with Gasteiger partial charge in [0.2, 0.25) is 0 Å². The minimum atomic E-state index is 0.773. The molecule has 0 amide bonds. The van der Waals surface area contributed by atoms with Crippen molar-refractivity contribution in [2.75, 3.05) is 5.73 Å². The van der Waals surface area contributed by atoms with Crippen LogP contribution in [0.2, 0.25) is 0 Å². The number of hydrogen-bond acceptors (Lipinski definition) is 4. The fourth-order valence-corrected chi connectivity index (χ4v) is 3.25. The number of nitrogens with two attached hydrogens (primary N) is 1. The van der Waals surface area contributed by atoms with Crippen molar-refractivity contribution in [3.8, 4) is 11.3 Å². The van der Waals surface area contributed by atoms with Crippen LogP contribution >= 0.6 is 0 Å². The normalized spacial score (nSPS) is 11.0. The number of fused-ring (bicyclic) bond motifs is 1. The molecular formula is C17H19AsN4. The SMILES string of the molecule is CCCc1nc([AsH2])nc2ccc(-c3ccc(N)cc3C)nc12. The number of nitrogens with zero attached hydrogens (tertiary/aromatic N) is 3. The average Bonchev–Trinajstić information content (AvgIpc) is 2.47. The Bertz CT molecular complexity index is 845. The molecule has 22 heavy (non-hydrogen) atoms. The van der Waals surface area contributed by atoms with Crippen LogP contribution in [0.15, 0.2) is 30.3 Å². The van der Waals surface area contributed by atoms with Crippen LogP contribution in [0.1, 0.15) is 24.6 Å². The van der Waals surface area contributed by atoms with Gasteiger partial charge in [0.25, 0.3) is 0 Å². The number of anilines is 1. The topological polar surface area (TPSA) is 64.7 Å². The van der Waals surface area contributed by atoms with Crippen LogP contribution < -0.4 is 10.3 Å². The fourth-order valence-electron chi connectivity index (χ4n) is 2.63. The molecule has 1 atom stereocenters. The van der Waals surface area contributed by atoms with Crippen LogP contribution in [-0.4, -0.2) is 31.8 Å². The molecular weight excluding hydrogens is 335 g/mol. The molecule has 3 rings (SSSR count). The molecule has 0 saturated carbocycles. The van der Waals surface area contributed by atoms with Crippen molar-refractivity contribution in [3.05, 3.63) is 41.6 Å². The van der Waals surface area contributed by atoms with Crippen LogP contribution in [0.25, 0.3) is 22.3 Å². The third kappa shape index (κ3) is 2.84. The first-order valence-corrected chi connectivity index (χ1v) is 8.59. The van der Waals surface area contributed by atoms with E-state index in [0.717, 1.165) is 56.7 Å². The zero-order valence-corrected chi connectivity index (χ0v) is 15.2. The van der Waals surface area contributed by atoms with E-state index in [1.165, 1.54) is 16.9 Å². The summed E-state index contributed by atoms with van der Waals surface area (Å²) in [7, 11) is 0. The summed E-state index contributed by atoms with van der Waals surface area (Å²) in [5, 5.41) is 0. The first-order valence-electron chi connectivity index (χ1n) is 7.38. The summed E-state index contributed by atoms with van der Waals surface area (Å²) in [6, 6.07) is 9.97. The molecule has 0 bridgehead atoms. The van der Waals surface area contributed by atoms with E-state index in [1.54, 1.807) is 0 Å². The van der Waals surface area contributed by atoms with E-state index in [-0.39, 0.29) is 0 Å². The summed E-state index contributed by atoms with van der Waals surface area (Å²) in [6.45, 7) is 4.21. The molecule has 2 N–H and O–H groups in total. The standard InChI is InChI=1S/C17H19AsN4/c1-3-4-14-16-15(22-17(18)21-14)8-7-13(20-16)12-6-5-11(19)9-10(12)2/h5-9H,3-4,18-19H2,1-2H3. The van der Waals surface area contributed by atoms with E-state index in [2.05, 4.69) is 23.8 Å². The predicted molar refractivity (Wildman–Crippen MR) is 94.1 cm³/mol. The molecule has 112 valence electrons. The molecule has 0 aliphatic heterocycles. The van der Waals surface area contributed by atoms with Crippen LogP contribution in [0.5, 0.6) is 0 Å². The quantitative estimate of drug-likeness (QED) is 0.575. The van der Waals surface area contributed by atoms with Gasteiger partial charge in [-0.1, -0.05) is 0 Å². The second-order valence-corrected chi connectivity index (χ2v) is 6.50. The predicted octanol–water partition coefficient (Wildman–Crippen LogP) is 1.79. The van der Waals surface area contributed by atoms with Crippen LogP contribution in [0, 0.1) is 6.92 Å². The molecule has 1 aromatic carbocycles. The van der Waals surface area contributed by atoms with Crippen molar-refractivity contribution in [1.29, 1.82) is 0 Å². The number of benzene rings is 1. The van der Waals surface area contributed by atoms with Gasteiger partial charge in [0.1, 0.15) is 0 Å². The third-order valence-corrected chi connectivity index (χ3v) is 4.19. The Hall–Kier alpha value is -1.93. The second-order valence-electron chi connectivity index (χ2n) is 5.42. The van der Waals surface area contributed by atoms with Gasteiger partial charge in [0.05, 0.1) is 0 Å². The van der Waals surface area contributed by atoms with E-state index < -0.39 is 0 Å². The molecule has 0 spiro atoms. The van der Waals surface area contributed by atoms with Gasteiger partial charge in [-0.2, -0.15) is 0 Å². The van der Waals surface area contributed by atoms with Gasteiger partial charge in [-0.15, -0.1) is 0 Å². The first-order chi connectivity index (χ1) is 10.6. The molecule has 2 heterocycles. The van der Waals surface area contributed by atoms with Crippen molar-refractivity contribution in [2.45, 2.75) is 26.7 Å². The minimum absolute atomic E-state index is 0.773. The number of aromatic nitrogens is 3. The fraction of sp³-hybridized carbons (Fsp3) is 0.235. The third-order valence-electron chi connectivity index (χ3n) is 3.65. The van der Waals surface area contributed by atoms with Crippen molar-refractivity contribution in [3.63, 3.8) is 0 Å². The van der Waals surface area contributed by atoms with E-state index in [1.807, 2.05) is 30.3 Å². The number of hydrogen-bond donors (Lipinski definition) is 1. The van der Waals surface area contributed by atoms with Gasteiger partial charge in [0, 0.05) is 0 Å². The second kappa shape index (κ2) is 6.05. The zero-order valence-electron chi connectivity index (χ0n) is 12.8. The van der Waals surface area contributed by atoms with Crippen molar-refractivity contribution < 1.29 is 0 Å². The maximum absolute atomic E-state index is 5.84. The van der Waals surface area contributed by atoms with Gasteiger partial charge >= 0.3 is 138 Å². The Morgan fingerprint density at radius 2 is 1.91 bits per heavy atom. The molecule has 0 radical (unpaired) electrons. The number of pyridine rings is 1. The van der Waals surface area contributed by atoms with Crippen LogP contribution in [-0.2, 0) is 6.42 Å². The number of rotatable bonds is 3. The first kappa shape index (κ1) is 15.0. The Morgan fingerprint density at radius 3 is 2.64 bits per heavy atom. The molecule has 0 fully saturated rings. The van der Waals surface area contributed by atoms with Gasteiger partial charge in [-0.25, -0.2) is 0 Å². The summed E-state index contributed by atoms with van der Waals surface area (Å²) < 4.78 is 0.863. The Kier molecular flexibility index (Phi) is 4.12. The molecule has 5 heteroatoms. The maximum atomic E-state index is 5.84. The van der Waals surface area contributed by atoms with E-state index in [0.29, 0.717) is 0 Å². The average molecular weight is 354 g/mol. The monoisotopic (exact) mass is 354 g/mol. The van der Waals surface area contributed by atoms with Crippen molar-refractivity contribution >= 4 is 38.2 Å². The van der Waals surface area contributed by atoms with Gasteiger partial charge in [-0.3, -0.25) is 0 Å². The van der Waals surface area contributed by atoms with Crippen LogP contribution in [0.3, 0.4) is 0 Å². The summed E-state index contributed by atoms with van der Waals surface area (Å²) in [6.07, 6.45) is 1.97. The molecule has 1 unspecified atom stereocenters. The van der Waals surface area contributed by atoms with E-state index in [9.17, 15) is 0 Å². The van der Waals surface area contributed by atoms with Crippen molar-refractivity contribution in [1.82, 2.24) is 15.0 Å². The Labute approximate surface area is 138 Å². The van der Waals surface area contributed by atoms with Gasteiger partial charge < -0.3 is 0 Å². The number of aryl methyl sites for hydroxylation is 2. The van der Waals surface area contributed by atoms with Crippen molar-refractivity contribution in [2.24, 2.45) is 0 Å². The molecule has 0 aliphatic carbocycles. The molecule has 0 aliphatic rings. The Morgan fingerprint density at radius 1 is 1.09 bits per heavy atom. The van der Waals surface area contributed by atoms with Gasteiger partial charge in [-0.05, 0) is 0 Å². The van der Waals surface area contributed by atoms with Crippen LogP contribution in [0.4, 0.5) is 5.69 Å². The summed E-state index contributed by atoms with van der Waals surface area (Å²) in [5.41, 5.74) is 12.7. The molecule has 0 saturated heterocycles.